The number of rotatable bonds is 6. The van der Waals surface area contributed by atoms with Crippen molar-refractivity contribution in [1.29, 1.82) is 0 Å². The van der Waals surface area contributed by atoms with Gasteiger partial charge in [0.15, 0.2) is 17.3 Å². The molecular weight excluding hydrogens is 434 g/mol. The first-order chi connectivity index (χ1) is 13.0. The van der Waals surface area contributed by atoms with Gasteiger partial charge in [-0.2, -0.15) is 0 Å². The van der Waals surface area contributed by atoms with Gasteiger partial charge in [-0.05, 0) is 58.8 Å². The van der Waals surface area contributed by atoms with Gasteiger partial charge in [-0.15, -0.1) is 11.3 Å². The molecule has 140 valence electrons. The fourth-order valence-electron chi connectivity index (χ4n) is 2.39. The van der Waals surface area contributed by atoms with Crippen LogP contribution >= 0.6 is 27.3 Å². The summed E-state index contributed by atoms with van der Waals surface area (Å²) in [5.74, 6) is 1.07. The Morgan fingerprint density at radius 2 is 2.22 bits per heavy atom. The van der Waals surface area contributed by atoms with Gasteiger partial charge < -0.3 is 18.9 Å². The quantitative estimate of drug-likeness (QED) is 0.585. The number of ketones is 1. The van der Waals surface area contributed by atoms with E-state index in [1.807, 2.05) is 13.0 Å². The molecule has 0 aliphatic heterocycles. The van der Waals surface area contributed by atoms with Crippen LogP contribution in [-0.4, -0.2) is 24.5 Å². The third-order valence-corrected chi connectivity index (χ3v) is 5.10. The smallest absolute Gasteiger partial charge is 0.266 e. The van der Waals surface area contributed by atoms with Crippen molar-refractivity contribution in [3.05, 3.63) is 65.9 Å². The summed E-state index contributed by atoms with van der Waals surface area (Å²) in [5, 5.41) is 0. The van der Waals surface area contributed by atoms with Crippen LogP contribution in [0.4, 0.5) is 0 Å². The van der Waals surface area contributed by atoms with Gasteiger partial charge in [-0.1, -0.05) is 0 Å². The summed E-state index contributed by atoms with van der Waals surface area (Å²) < 4.78 is 17.6. The number of thiazole rings is 1. The Kier molecular flexibility index (Phi) is 5.98. The second-order valence-electron chi connectivity index (χ2n) is 5.38. The molecule has 0 aliphatic rings. The van der Waals surface area contributed by atoms with Gasteiger partial charge in [-0.25, -0.2) is 0 Å². The van der Waals surface area contributed by atoms with E-state index in [1.54, 1.807) is 31.4 Å². The van der Waals surface area contributed by atoms with Crippen molar-refractivity contribution in [2.45, 2.75) is 6.92 Å². The number of benzene rings is 1. The van der Waals surface area contributed by atoms with Crippen LogP contribution in [0, 0.1) is 0 Å². The van der Waals surface area contributed by atoms with Crippen LogP contribution in [0.2, 0.25) is 0 Å². The molecule has 0 bridgehead atoms. The van der Waals surface area contributed by atoms with Crippen molar-refractivity contribution in [2.24, 2.45) is 0 Å². The van der Waals surface area contributed by atoms with Crippen LogP contribution in [0.25, 0.3) is 12.2 Å². The number of halogens is 1. The highest BCUT2D eigenvalue weighted by Crippen LogP contribution is 2.36. The van der Waals surface area contributed by atoms with Gasteiger partial charge >= 0.3 is 0 Å². The monoisotopic (exact) mass is 449 g/mol. The molecule has 1 aromatic carbocycles. The maximum absolute atomic E-state index is 12.2. The minimum Gasteiger partial charge on any atom is -0.493 e. The number of nitrogens with one attached hydrogen (secondary N) is 1. The highest BCUT2D eigenvalue weighted by atomic mass is 79.9. The van der Waals surface area contributed by atoms with Gasteiger partial charge in [0, 0.05) is 6.08 Å². The molecule has 6 nitrogen and oxygen atoms in total. The third kappa shape index (κ3) is 4.40. The number of furan rings is 1. The van der Waals surface area contributed by atoms with E-state index in [0.717, 1.165) is 10.0 Å². The van der Waals surface area contributed by atoms with E-state index in [2.05, 4.69) is 20.9 Å². The zero-order chi connectivity index (χ0) is 19.4. The second-order valence-corrected chi connectivity index (χ2v) is 7.32. The van der Waals surface area contributed by atoms with Crippen LogP contribution < -0.4 is 24.2 Å². The molecule has 0 spiro atoms. The first-order valence-electron chi connectivity index (χ1n) is 8.02. The highest BCUT2D eigenvalue weighted by molar-refractivity contribution is 9.10. The van der Waals surface area contributed by atoms with Crippen LogP contribution in [0.5, 0.6) is 11.5 Å². The van der Waals surface area contributed by atoms with Crippen molar-refractivity contribution in [3.63, 3.8) is 0 Å². The minimum atomic E-state index is -0.311. The summed E-state index contributed by atoms with van der Waals surface area (Å²) in [6, 6.07) is 6.83. The van der Waals surface area contributed by atoms with Crippen molar-refractivity contribution in [1.82, 2.24) is 4.98 Å². The molecule has 0 saturated carbocycles. The largest absolute Gasteiger partial charge is 0.493 e. The number of H-pyrrole nitrogens is 1. The van der Waals surface area contributed by atoms with Gasteiger partial charge in [0.05, 0.1) is 33.6 Å². The summed E-state index contributed by atoms with van der Waals surface area (Å²) >= 11 is 4.65. The van der Waals surface area contributed by atoms with E-state index in [4.69, 9.17) is 13.9 Å². The summed E-state index contributed by atoms with van der Waals surface area (Å²) in [5.41, 5.74) is 0.487. The standard InChI is InChI=1S/C19H16BrNO5S/c1-3-25-18-12(20)7-11(8-15(18)24-2)9-16-19(23)21-17(27-16)10-13(22)14-5-4-6-26-14/h4-10H,3H2,1-2H3,(H,21,23)/b16-9+,17-10-. The number of carbonyl (C=O) groups is 1. The molecule has 27 heavy (non-hydrogen) atoms. The molecular formula is C19H16BrNO5S. The fraction of sp³-hybridized carbons (Fsp3) is 0.158. The SMILES string of the molecule is CCOc1c(Br)cc(/C=c2/s/c(=C\C(=O)c3ccco3)[nH]c2=O)cc1OC. The molecule has 3 aromatic rings. The molecule has 0 radical (unpaired) electrons. The van der Waals surface area contributed by atoms with Crippen LogP contribution in [0.3, 0.4) is 0 Å². The van der Waals surface area contributed by atoms with Gasteiger partial charge in [0.2, 0.25) is 5.78 Å². The highest BCUT2D eigenvalue weighted by Gasteiger charge is 2.11. The zero-order valence-electron chi connectivity index (χ0n) is 14.6. The molecule has 3 rings (SSSR count). The number of aromatic amines is 1. The summed E-state index contributed by atoms with van der Waals surface area (Å²) in [6.45, 7) is 2.39. The molecule has 2 aromatic heterocycles. The molecule has 0 fully saturated rings. The summed E-state index contributed by atoms with van der Waals surface area (Å²) in [7, 11) is 1.55. The first-order valence-corrected chi connectivity index (χ1v) is 9.63. The molecule has 2 heterocycles. The lowest BCUT2D eigenvalue weighted by molar-refractivity contribution is 0.103. The van der Waals surface area contributed by atoms with E-state index in [9.17, 15) is 9.59 Å². The molecule has 0 unspecified atom stereocenters. The van der Waals surface area contributed by atoms with Crippen LogP contribution in [-0.2, 0) is 0 Å². The number of methoxy groups -OCH3 is 1. The Hall–Kier alpha value is -2.58. The van der Waals surface area contributed by atoms with Crippen molar-refractivity contribution < 1.29 is 18.7 Å². The van der Waals surface area contributed by atoms with Crippen molar-refractivity contribution >= 4 is 45.2 Å². The second kappa shape index (κ2) is 8.41. The number of Topliss-reactive ketones (excluding diaryl/α,β-unsaturated/α-hetero) is 1. The maximum Gasteiger partial charge on any atom is 0.266 e. The average Bonchev–Trinajstić information content (AvgIpc) is 3.28. The van der Waals surface area contributed by atoms with Gasteiger partial charge in [0.1, 0.15) is 0 Å². The van der Waals surface area contributed by atoms with E-state index in [-0.39, 0.29) is 17.1 Å². The number of hydrogen-bond acceptors (Lipinski definition) is 6. The Labute approximate surface area is 166 Å². The van der Waals surface area contributed by atoms with E-state index in [0.29, 0.717) is 27.3 Å². The summed E-state index contributed by atoms with van der Waals surface area (Å²) in [4.78, 5) is 27.0. The van der Waals surface area contributed by atoms with Crippen LogP contribution in [0.15, 0.2) is 44.2 Å². The topological polar surface area (TPSA) is 81.5 Å². The predicted molar refractivity (Wildman–Crippen MR) is 107 cm³/mol. The Morgan fingerprint density at radius 1 is 1.41 bits per heavy atom. The normalized spacial score (nSPS) is 12.4. The average molecular weight is 450 g/mol. The summed E-state index contributed by atoms with van der Waals surface area (Å²) in [6.07, 6.45) is 4.49. The maximum atomic E-state index is 12.2. The molecule has 8 heteroatoms. The molecule has 0 saturated heterocycles. The van der Waals surface area contributed by atoms with Crippen molar-refractivity contribution in [3.8, 4) is 11.5 Å². The lowest BCUT2D eigenvalue weighted by Gasteiger charge is -2.12. The number of ether oxygens (including phenoxy) is 2. The Bertz CT molecular complexity index is 1130. The van der Waals surface area contributed by atoms with Gasteiger partial charge in [0.25, 0.3) is 5.56 Å². The number of aromatic nitrogens is 1. The van der Waals surface area contributed by atoms with Gasteiger partial charge in [-0.3, -0.25) is 9.59 Å². The Balaban J connectivity index is 2.01. The molecule has 1 N–H and O–H groups in total. The van der Waals surface area contributed by atoms with Crippen molar-refractivity contribution in [2.75, 3.05) is 13.7 Å². The Morgan fingerprint density at radius 3 is 2.89 bits per heavy atom. The third-order valence-electron chi connectivity index (χ3n) is 3.54. The minimum absolute atomic E-state index is 0.218. The lowest BCUT2D eigenvalue weighted by atomic mass is 10.2. The van der Waals surface area contributed by atoms with E-state index >= 15 is 0 Å². The zero-order valence-corrected chi connectivity index (χ0v) is 17.0. The van der Waals surface area contributed by atoms with E-state index in [1.165, 1.54) is 23.7 Å². The lowest BCUT2D eigenvalue weighted by Crippen LogP contribution is -2.20. The fourth-order valence-corrected chi connectivity index (χ4v) is 3.85. The molecule has 0 atom stereocenters. The van der Waals surface area contributed by atoms with Crippen LogP contribution in [0.1, 0.15) is 23.0 Å². The molecule has 0 aliphatic carbocycles. The van der Waals surface area contributed by atoms with E-state index < -0.39 is 0 Å². The molecule has 0 amide bonds. The number of carbonyl (C=O) groups excluding carboxylic acids is 1. The predicted octanol–water partition coefficient (Wildman–Crippen LogP) is 2.69. The first kappa shape index (κ1) is 19.2. The number of hydrogen-bond donors (Lipinski definition) is 1.